The lowest BCUT2D eigenvalue weighted by molar-refractivity contribution is -0.496. The van der Waals surface area contributed by atoms with Crippen LogP contribution in [0, 0.1) is 13.8 Å². The Hall–Kier alpha value is -8.99. The Morgan fingerprint density at radius 3 is 2.01 bits per heavy atom. The first-order chi connectivity index (χ1) is 35.9. The second kappa shape index (κ2) is 21.5. The third kappa shape index (κ3) is 9.90. The van der Waals surface area contributed by atoms with Gasteiger partial charge in [-0.25, -0.2) is 19.4 Å². The summed E-state index contributed by atoms with van der Waals surface area (Å²) in [5.41, 5.74) is 4.25. The quantitative estimate of drug-likeness (QED) is 0.0472. The maximum Gasteiger partial charge on any atom is 0.337 e. The molecule has 0 atom stereocenters. The van der Waals surface area contributed by atoms with Gasteiger partial charge in [0.15, 0.2) is 5.43 Å². The summed E-state index contributed by atoms with van der Waals surface area (Å²) in [6, 6.07) is 25.4. The standard InChI is InChI=1S/C57H44Cl2N4O12.CH4/c1-5-60-41-22-45-36(17-26(41)3)48(37-18-27(4)42(61-6-2)23-46(37)74-45)49-40(58)21-38(51(59)50(49)57(72)73)54(67)62-24-28-7-9-29(10-8-28)53(66)63-25-39-43(65)16-15-34-47(33-14-12-31(64)20-44(33)75-52(34)39)32-13-11-30(55(68)69)19-35(32)56(70)71;/h7-23,60,65H,5-6,24-25H2,1-4H3,(H,62,67)(H,63,66)(H,68,69)(H,70,71)(H,72,73);1H4/p+1. The van der Waals surface area contributed by atoms with Gasteiger partial charge in [0.1, 0.15) is 35.0 Å². The monoisotopic (exact) mass is 1060 g/mol. The number of aryl methyl sites for hydroxylation is 2. The SMILES string of the molecule is C.CCNc1cc2oc3cc(=[NH+]CC)c(C)cc-3c(-c3c(Cl)cc(C(=O)NCc4ccc(C(=O)NCc5c(O)ccc6c(-c7ccc(C(=O)O)cc7C(=O)O)c7ccc(=O)cc-7oc56)cc4)c(Cl)c3C(=O)O)c2cc1C. The van der Waals surface area contributed by atoms with Gasteiger partial charge in [0, 0.05) is 80.6 Å². The normalized spacial score (nSPS) is 11.5. The van der Waals surface area contributed by atoms with Crippen molar-refractivity contribution in [3.8, 4) is 50.7 Å². The first-order valence-electron chi connectivity index (χ1n) is 23.4. The maximum atomic E-state index is 13.9. The molecule has 0 aromatic heterocycles. The summed E-state index contributed by atoms with van der Waals surface area (Å²) in [4.78, 5) is 80.8. The Morgan fingerprint density at radius 2 is 1.33 bits per heavy atom. The number of rotatable bonds is 14. The van der Waals surface area contributed by atoms with Crippen LogP contribution in [-0.4, -0.2) is 63.2 Å². The molecule has 2 amide bonds. The molecule has 16 nitrogen and oxygen atoms in total. The van der Waals surface area contributed by atoms with Crippen molar-refractivity contribution in [3.05, 3.63) is 179 Å². The fourth-order valence-corrected chi connectivity index (χ4v) is 9.92. The number of halogens is 2. The van der Waals surface area contributed by atoms with E-state index in [1.54, 1.807) is 12.1 Å². The van der Waals surface area contributed by atoms with Crippen molar-refractivity contribution >= 4 is 80.6 Å². The Kier molecular flexibility index (Phi) is 15.1. The molecule has 0 radical (unpaired) electrons. The van der Waals surface area contributed by atoms with E-state index < -0.39 is 35.2 Å². The van der Waals surface area contributed by atoms with Crippen LogP contribution in [0.5, 0.6) is 5.75 Å². The third-order valence-corrected chi connectivity index (χ3v) is 13.6. The molecule has 0 unspecified atom stereocenters. The first-order valence-corrected chi connectivity index (χ1v) is 24.2. The minimum atomic E-state index is -1.41. The van der Waals surface area contributed by atoms with Crippen LogP contribution in [-0.2, 0) is 13.1 Å². The molecule has 0 fully saturated rings. The van der Waals surface area contributed by atoms with E-state index in [4.69, 9.17) is 32.0 Å². The number of amides is 2. The lowest BCUT2D eigenvalue weighted by Crippen LogP contribution is -2.76. The number of phenols is 1. The van der Waals surface area contributed by atoms with Gasteiger partial charge in [0.2, 0.25) is 5.36 Å². The van der Waals surface area contributed by atoms with Crippen LogP contribution >= 0.6 is 23.2 Å². The molecule has 4 aliphatic rings. The lowest BCUT2D eigenvalue weighted by Gasteiger charge is -2.21. The summed E-state index contributed by atoms with van der Waals surface area (Å²) in [5.74, 6) is -5.21. The largest absolute Gasteiger partial charge is 0.507 e. The van der Waals surface area contributed by atoms with Crippen molar-refractivity contribution in [1.82, 2.24) is 10.6 Å². The van der Waals surface area contributed by atoms with E-state index in [0.717, 1.165) is 28.2 Å². The van der Waals surface area contributed by atoms with Crippen LogP contribution in [0.25, 0.3) is 66.8 Å². The number of carbonyl (C=O) groups is 5. The van der Waals surface area contributed by atoms with Crippen molar-refractivity contribution in [2.24, 2.45) is 0 Å². The Bertz CT molecular complexity index is 3960. The fraction of sp³-hybridized carbons (Fsp3) is 0.155. The number of benzene rings is 7. The lowest BCUT2D eigenvalue weighted by atomic mass is 9.88. The number of fused-ring (bicyclic) bond motifs is 4. The smallest absolute Gasteiger partial charge is 0.337 e. The second-order valence-electron chi connectivity index (χ2n) is 17.6. The number of phenolic OH excluding ortho intramolecular Hbond substituents is 1. The predicted molar refractivity (Wildman–Crippen MR) is 289 cm³/mol. The van der Waals surface area contributed by atoms with Gasteiger partial charge in [0.25, 0.3) is 11.8 Å². The van der Waals surface area contributed by atoms with Gasteiger partial charge in [0.05, 0.1) is 50.5 Å². The molecule has 2 heterocycles. The van der Waals surface area contributed by atoms with E-state index in [9.17, 15) is 49.2 Å². The first kappa shape index (κ1) is 53.3. The van der Waals surface area contributed by atoms with E-state index in [-0.39, 0.29) is 97.7 Å². The highest BCUT2D eigenvalue weighted by Gasteiger charge is 2.31. The van der Waals surface area contributed by atoms with Crippen LogP contribution in [0.3, 0.4) is 0 Å². The minimum Gasteiger partial charge on any atom is -0.507 e. The van der Waals surface area contributed by atoms with E-state index in [1.807, 2.05) is 52.0 Å². The van der Waals surface area contributed by atoms with Crippen molar-refractivity contribution in [2.75, 3.05) is 18.4 Å². The van der Waals surface area contributed by atoms with Crippen molar-refractivity contribution in [3.63, 3.8) is 0 Å². The topological polar surface area (TPSA) is 260 Å². The number of carboxylic acid groups (broad SMARTS) is 3. The number of carbonyl (C=O) groups excluding carboxylic acids is 2. The third-order valence-electron chi connectivity index (χ3n) is 12.9. The van der Waals surface area contributed by atoms with E-state index in [1.165, 1.54) is 60.7 Å². The molecule has 8 N–H and O–H groups in total. The highest BCUT2D eigenvalue weighted by atomic mass is 35.5. The molecular weight excluding hydrogens is 1020 g/mol. The molecule has 18 heteroatoms. The average molecular weight is 1060 g/mol. The average Bonchev–Trinajstić information content (AvgIpc) is 3.43. The molecule has 0 spiro atoms. The van der Waals surface area contributed by atoms with Crippen molar-refractivity contribution < 1.29 is 58.2 Å². The van der Waals surface area contributed by atoms with Gasteiger partial charge in [-0.15, -0.1) is 0 Å². The number of nitrogens with one attached hydrogen (secondary N) is 4. The zero-order valence-corrected chi connectivity index (χ0v) is 42.0. The summed E-state index contributed by atoms with van der Waals surface area (Å²) in [5, 5.41) is 51.9. The van der Waals surface area contributed by atoms with Crippen LogP contribution < -0.4 is 31.7 Å². The zero-order valence-electron chi connectivity index (χ0n) is 40.5. The highest BCUT2D eigenvalue weighted by Crippen LogP contribution is 2.48. The molecule has 5 aromatic rings. The molecule has 9 rings (SSSR count). The van der Waals surface area contributed by atoms with Crippen LogP contribution in [0.4, 0.5) is 5.69 Å². The van der Waals surface area contributed by atoms with E-state index in [0.29, 0.717) is 57.5 Å². The molecule has 5 aromatic carbocycles. The summed E-state index contributed by atoms with van der Waals surface area (Å²) >= 11 is 14.0. The zero-order chi connectivity index (χ0) is 53.6. The van der Waals surface area contributed by atoms with Crippen LogP contribution in [0.1, 0.15) is 95.3 Å². The maximum absolute atomic E-state index is 13.9. The van der Waals surface area contributed by atoms with Gasteiger partial charge in [-0.2, -0.15) is 0 Å². The van der Waals surface area contributed by atoms with Gasteiger partial charge in [-0.1, -0.05) is 48.8 Å². The molecule has 0 bridgehead atoms. The predicted octanol–water partition coefficient (Wildman–Crippen LogP) is 9.74. The van der Waals surface area contributed by atoms with Crippen LogP contribution in [0.15, 0.2) is 117 Å². The van der Waals surface area contributed by atoms with Gasteiger partial charge in [-0.3, -0.25) is 14.4 Å². The molecule has 76 heavy (non-hydrogen) atoms. The Morgan fingerprint density at radius 1 is 0.632 bits per heavy atom. The summed E-state index contributed by atoms with van der Waals surface area (Å²) < 4.78 is 12.7. The van der Waals surface area contributed by atoms with Gasteiger partial charge in [-0.05, 0) is 111 Å². The molecule has 2 aliphatic heterocycles. The van der Waals surface area contributed by atoms with Gasteiger partial charge >= 0.3 is 17.9 Å². The highest BCUT2D eigenvalue weighted by molar-refractivity contribution is 6.41. The molecule has 2 aliphatic carbocycles. The fourth-order valence-electron chi connectivity index (χ4n) is 9.30. The number of hydrogen-bond donors (Lipinski definition) is 8. The number of aromatic carboxylic acids is 3. The minimum absolute atomic E-state index is 0. The summed E-state index contributed by atoms with van der Waals surface area (Å²) in [7, 11) is 0. The number of carboxylic acids is 3. The molecule has 0 saturated heterocycles. The summed E-state index contributed by atoms with van der Waals surface area (Å²) in [6.45, 7) is 8.74. The molecular formula is C58H49Cl2N4O12+. The van der Waals surface area contributed by atoms with E-state index in [2.05, 4.69) is 20.9 Å². The van der Waals surface area contributed by atoms with E-state index >= 15 is 0 Å². The van der Waals surface area contributed by atoms with Crippen molar-refractivity contribution in [2.45, 2.75) is 48.2 Å². The number of aromatic hydroxyl groups is 1. The molecule has 386 valence electrons. The number of hydrogen-bond acceptors (Lipinski definition) is 10. The second-order valence-corrected chi connectivity index (χ2v) is 18.4. The Balaban J connectivity index is 0.00000765. The number of anilines is 1. The molecule has 0 saturated carbocycles. The summed E-state index contributed by atoms with van der Waals surface area (Å²) in [6.07, 6.45) is 0. The van der Waals surface area contributed by atoms with Crippen molar-refractivity contribution in [1.29, 1.82) is 0 Å². The van der Waals surface area contributed by atoms with Crippen LogP contribution in [0.2, 0.25) is 10.0 Å². The Labute approximate surface area is 443 Å². The van der Waals surface area contributed by atoms with Gasteiger partial charge < -0.3 is 45.2 Å².